The zero-order valence-corrected chi connectivity index (χ0v) is 11.1. The summed E-state index contributed by atoms with van der Waals surface area (Å²) in [5.41, 5.74) is 0.485. The number of hydrogen-bond acceptors (Lipinski definition) is 3. The summed E-state index contributed by atoms with van der Waals surface area (Å²) in [6.07, 6.45) is 3.00. The zero-order valence-electron chi connectivity index (χ0n) is 9.51. The van der Waals surface area contributed by atoms with Crippen LogP contribution in [0.2, 0.25) is 0 Å². The van der Waals surface area contributed by atoms with Crippen molar-refractivity contribution in [2.24, 2.45) is 4.99 Å². The molecule has 0 heterocycles. The van der Waals surface area contributed by atoms with E-state index in [1.54, 1.807) is 13.0 Å². The Balaban J connectivity index is 2.71. The first kappa shape index (κ1) is 12.3. The van der Waals surface area contributed by atoms with Gasteiger partial charge in [-0.2, -0.15) is 4.99 Å². The molecule has 17 heavy (non-hydrogen) atoms. The standard InChI is InChI=1S/C12H11BrFNO2/c1-7-9(14)5-8(13)11(17-2)10(7)12(3-4-12)15-6-16/h5H,3-4H2,1-2H3. The molecule has 1 aliphatic rings. The van der Waals surface area contributed by atoms with E-state index in [2.05, 4.69) is 20.9 Å². The Kier molecular flexibility index (Phi) is 3.06. The van der Waals surface area contributed by atoms with E-state index in [1.165, 1.54) is 13.2 Å². The molecule has 1 saturated carbocycles. The van der Waals surface area contributed by atoms with Gasteiger partial charge in [-0.05, 0) is 47.3 Å². The summed E-state index contributed by atoms with van der Waals surface area (Å²) in [7, 11) is 1.52. The van der Waals surface area contributed by atoms with E-state index in [1.807, 2.05) is 0 Å². The van der Waals surface area contributed by atoms with Crippen molar-refractivity contribution in [2.75, 3.05) is 7.11 Å². The molecular weight excluding hydrogens is 289 g/mol. The Morgan fingerprint density at radius 2 is 2.24 bits per heavy atom. The lowest BCUT2D eigenvalue weighted by Gasteiger charge is -2.18. The van der Waals surface area contributed by atoms with Crippen molar-refractivity contribution in [3.8, 4) is 5.75 Å². The fraction of sp³-hybridized carbons (Fsp3) is 0.417. The fourth-order valence-corrected chi connectivity index (χ4v) is 2.64. The molecule has 0 bridgehead atoms. The van der Waals surface area contributed by atoms with Gasteiger partial charge in [-0.25, -0.2) is 9.18 Å². The molecule has 1 fully saturated rings. The molecule has 0 aromatic heterocycles. The Morgan fingerprint density at radius 3 is 2.71 bits per heavy atom. The fourth-order valence-electron chi connectivity index (χ4n) is 2.08. The van der Waals surface area contributed by atoms with Gasteiger partial charge in [0, 0.05) is 5.56 Å². The molecule has 1 aliphatic carbocycles. The number of nitrogens with zero attached hydrogens (tertiary/aromatic N) is 1. The van der Waals surface area contributed by atoms with E-state index < -0.39 is 5.54 Å². The average Bonchev–Trinajstić information content (AvgIpc) is 3.04. The highest BCUT2D eigenvalue weighted by Crippen LogP contribution is 2.55. The van der Waals surface area contributed by atoms with E-state index in [0.29, 0.717) is 21.3 Å². The minimum atomic E-state index is -0.637. The minimum absolute atomic E-state index is 0.333. The van der Waals surface area contributed by atoms with Gasteiger partial charge >= 0.3 is 0 Å². The highest BCUT2D eigenvalue weighted by atomic mass is 79.9. The molecule has 0 N–H and O–H groups in total. The molecule has 2 rings (SSSR count). The van der Waals surface area contributed by atoms with Crippen molar-refractivity contribution in [3.05, 3.63) is 27.5 Å². The number of rotatable bonds is 3. The normalized spacial score (nSPS) is 16.2. The molecule has 0 spiro atoms. The summed E-state index contributed by atoms with van der Waals surface area (Å²) in [5, 5.41) is 0. The summed E-state index contributed by atoms with van der Waals surface area (Å²) in [6, 6.07) is 1.36. The van der Waals surface area contributed by atoms with Crippen LogP contribution in [0.1, 0.15) is 24.0 Å². The van der Waals surface area contributed by atoms with Crippen LogP contribution >= 0.6 is 15.9 Å². The van der Waals surface area contributed by atoms with E-state index in [4.69, 9.17) is 4.74 Å². The molecule has 0 atom stereocenters. The van der Waals surface area contributed by atoms with Gasteiger partial charge in [0.25, 0.3) is 0 Å². The van der Waals surface area contributed by atoms with Crippen molar-refractivity contribution in [1.82, 2.24) is 0 Å². The molecule has 0 saturated heterocycles. The highest BCUT2D eigenvalue weighted by Gasteiger charge is 2.48. The van der Waals surface area contributed by atoms with Crippen LogP contribution in [-0.2, 0) is 10.3 Å². The summed E-state index contributed by atoms with van der Waals surface area (Å²) >= 11 is 3.26. The van der Waals surface area contributed by atoms with Gasteiger partial charge in [0.2, 0.25) is 6.08 Å². The van der Waals surface area contributed by atoms with Crippen LogP contribution < -0.4 is 4.74 Å². The lowest BCUT2D eigenvalue weighted by Crippen LogP contribution is -2.10. The average molecular weight is 300 g/mol. The third-order valence-electron chi connectivity index (χ3n) is 3.08. The summed E-state index contributed by atoms with van der Waals surface area (Å²) in [5.74, 6) is 0.209. The number of isocyanates is 1. The first-order valence-corrected chi connectivity index (χ1v) is 5.97. The van der Waals surface area contributed by atoms with Crippen LogP contribution in [0, 0.1) is 12.7 Å². The van der Waals surface area contributed by atoms with Crippen LogP contribution in [0.15, 0.2) is 15.5 Å². The van der Waals surface area contributed by atoms with Gasteiger partial charge < -0.3 is 4.74 Å². The Bertz CT molecular complexity index is 520. The van der Waals surface area contributed by atoms with E-state index in [0.717, 1.165) is 12.8 Å². The maximum Gasteiger partial charge on any atom is 0.235 e. The van der Waals surface area contributed by atoms with Gasteiger partial charge in [-0.15, -0.1) is 0 Å². The number of methoxy groups -OCH3 is 1. The predicted molar refractivity (Wildman–Crippen MR) is 64.4 cm³/mol. The second-order valence-corrected chi connectivity index (χ2v) is 4.96. The molecule has 1 aromatic carbocycles. The van der Waals surface area contributed by atoms with Gasteiger partial charge in [-0.1, -0.05) is 0 Å². The second kappa shape index (κ2) is 4.24. The maximum atomic E-state index is 13.7. The Morgan fingerprint density at radius 1 is 1.59 bits per heavy atom. The van der Waals surface area contributed by atoms with E-state index in [9.17, 15) is 9.18 Å². The van der Waals surface area contributed by atoms with Gasteiger partial charge in [0.15, 0.2) is 0 Å². The molecule has 5 heteroatoms. The first-order chi connectivity index (χ1) is 8.05. The Labute approximate surface area is 107 Å². The number of benzene rings is 1. The molecule has 3 nitrogen and oxygen atoms in total. The number of ether oxygens (including phenoxy) is 1. The second-order valence-electron chi connectivity index (χ2n) is 4.11. The zero-order chi connectivity index (χ0) is 12.6. The number of hydrogen-bond donors (Lipinski definition) is 0. The third kappa shape index (κ3) is 1.90. The van der Waals surface area contributed by atoms with Crippen molar-refractivity contribution in [3.63, 3.8) is 0 Å². The number of aliphatic imine (C=N–C) groups is 1. The smallest absolute Gasteiger partial charge is 0.235 e. The predicted octanol–water partition coefficient (Wildman–Crippen LogP) is 3.23. The number of halogens is 2. The van der Waals surface area contributed by atoms with Crippen LogP contribution in [-0.4, -0.2) is 13.2 Å². The topological polar surface area (TPSA) is 38.7 Å². The van der Waals surface area contributed by atoms with Crippen molar-refractivity contribution >= 4 is 22.0 Å². The summed E-state index contributed by atoms with van der Waals surface area (Å²) < 4.78 is 19.5. The van der Waals surface area contributed by atoms with Crippen LogP contribution in [0.3, 0.4) is 0 Å². The van der Waals surface area contributed by atoms with Crippen molar-refractivity contribution < 1.29 is 13.9 Å². The molecule has 0 unspecified atom stereocenters. The van der Waals surface area contributed by atoms with Gasteiger partial charge in [0.1, 0.15) is 17.1 Å². The highest BCUT2D eigenvalue weighted by molar-refractivity contribution is 9.10. The largest absolute Gasteiger partial charge is 0.495 e. The van der Waals surface area contributed by atoms with Crippen LogP contribution in [0.5, 0.6) is 5.75 Å². The van der Waals surface area contributed by atoms with Gasteiger partial charge in [-0.3, -0.25) is 0 Å². The summed E-state index contributed by atoms with van der Waals surface area (Å²) in [6.45, 7) is 1.67. The molecule has 0 radical (unpaired) electrons. The van der Waals surface area contributed by atoms with Crippen molar-refractivity contribution in [2.45, 2.75) is 25.3 Å². The molecule has 0 aliphatic heterocycles. The SMILES string of the molecule is COc1c(Br)cc(F)c(C)c1C1(N=C=O)CC1. The lowest BCUT2D eigenvalue weighted by atomic mass is 9.98. The third-order valence-corrected chi connectivity index (χ3v) is 3.67. The molecule has 0 amide bonds. The summed E-state index contributed by atoms with van der Waals surface area (Å²) in [4.78, 5) is 14.3. The van der Waals surface area contributed by atoms with Crippen LogP contribution in [0.25, 0.3) is 0 Å². The Hall–Kier alpha value is -1.19. The quantitative estimate of drug-likeness (QED) is 0.635. The lowest BCUT2D eigenvalue weighted by molar-refractivity contribution is 0.399. The van der Waals surface area contributed by atoms with Crippen molar-refractivity contribution in [1.29, 1.82) is 0 Å². The van der Waals surface area contributed by atoms with E-state index in [-0.39, 0.29) is 5.82 Å². The van der Waals surface area contributed by atoms with Crippen LogP contribution in [0.4, 0.5) is 4.39 Å². The van der Waals surface area contributed by atoms with E-state index >= 15 is 0 Å². The maximum absolute atomic E-state index is 13.7. The molecule has 1 aromatic rings. The van der Waals surface area contributed by atoms with Gasteiger partial charge in [0.05, 0.1) is 11.6 Å². The number of carbonyl (C=O) groups excluding carboxylic acids is 1. The molecule has 90 valence electrons. The first-order valence-electron chi connectivity index (χ1n) is 5.18. The molecular formula is C12H11BrFNO2. The monoisotopic (exact) mass is 299 g/mol. The minimum Gasteiger partial charge on any atom is -0.495 e.